The molecule has 0 atom stereocenters. The van der Waals surface area contributed by atoms with Crippen LogP contribution < -0.4 is 21.7 Å². The van der Waals surface area contributed by atoms with Gasteiger partial charge in [0.2, 0.25) is 0 Å². The number of aryl methyl sites for hydroxylation is 3. The topological polar surface area (TPSA) is 469 Å². The van der Waals surface area contributed by atoms with Gasteiger partial charge < -0.3 is 31.2 Å². The molecule has 2 amide bonds. The van der Waals surface area contributed by atoms with Crippen molar-refractivity contribution in [2.45, 2.75) is 223 Å². The number of carbonyl (C=O) groups is 3. The van der Waals surface area contributed by atoms with Gasteiger partial charge in [-0.25, -0.2) is 23.6 Å². The number of nitrogens with two attached hydrogens (primary N) is 1. The van der Waals surface area contributed by atoms with E-state index in [1.807, 2.05) is 107 Å². The Bertz CT molecular complexity index is 3320. The molecule has 5 N–H and O–H groups in total. The molecule has 0 aliphatic rings. The third-order valence-corrected chi connectivity index (χ3v) is 12.7. The highest BCUT2D eigenvalue weighted by atomic mass is 16.6. The summed E-state index contributed by atoms with van der Waals surface area (Å²) < 4.78 is 21.1. The van der Waals surface area contributed by atoms with E-state index in [-0.39, 0.29) is 16.6 Å². The first-order valence-electron chi connectivity index (χ1n) is 32.0. The van der Waals surface area contributed by atoms with Crippen LogP contribution in [0.15, 0.2) is 52.5 Å². The third-order valence-electron chi connectivity index (χ3n) is 12.7. The lowest BCUT2D eigenvalue weighted by Gasteiger charge is -2.20. The molecule has 0 aliphatic carbocycles. The monoisotopic (exact) mass is 1340 g/mol. The summed E-state index contributed by atoms with van der Waals surface area (Å²) in [4.78, 5) is 46.1. The average Bonchev–Trinajstić information content (AvgIpc) is 1.76. The lowest BCUT2D eigenvalue weighted by atomic mass is 10.1. The molecular weight excluding hydrogens is 1240 g/mol. The van der Waals surface area contributed by atoms with Gasteiger partial charge in [-0.3, -0.25) is 28.6 Å². The molecule has 0 spiro atoms. The molecule has 0 saturated heterocycles. The highest BCUT2D eigenvalue weighted by molar-refractivity contribution is 5.70. The summed E-state index contributed by atoms with van der Waals surface area (Å²) in [5.41, 5.74) is 34.0. The van der Waals surface area contributed by atoms with Crippen LogP contribution >= 0.6 is 0 Å². The van der Waals surface area contributed by atoms with Gasteiger partial charge in [-0.05, 0) is 185 Å². The van der Waals surface area contributed by atoms with Gasteiger partial charge >= 0.3 is 12.2 Å². The normalized spacial score (nSPS) is 11.6. The average molecular weight is 1340 g/mol. The van der Waals surface area contributed by atoms with Crippen molar-refractivity contribution in [2.75, 3.05) is 58.9 Å². The number of azide groups is 3. The van der Waals surface area contributed by atoms with Crippen LogP contribution in [0.3, 0.4) is 0 Å². The molecule has 0 aromatic carbocycles. The largest absolute Gasteiger partial charge is 0.444 e. The van der Waals surface area contributed by atoms with Crippen LogP contribution in [0.5, 0.6) is 0 Å². The van der Waals surface area contributed by atoms with E-state index in [1.165, 1.54) is 0 Å². The summed E-state index contributed by atoms with van der Waals surface area (Å²) in [5.74, 6) is 0. The van der Waals surface area contributed by atoms with E-state index >= 15 is 0 Å². The minimum Gasteiger partial charge on any atom is -0.444 e. The molecule has 6 aromatic rings. The first-order valence-corrected chi connectivity index (χ1v) is 32.0. The molecule has 0 bridgehead atoms. The Balaban J connectivity index is 0.000000351. The van der Waals surface area contributed by atoms with Gasteiger partial charge in [0.05, 0.1) is 63.7 Å². The van der Waals surface area contributed by atoms with Crippen LogP contribution in [-0.2, 0) is 78.4 Å². The number of hydrogen-bond acceptors (Lipinski definition) is 24. The minimum atomic E-state index is -0.515. The van der Waals surface area contributed by atoms with E-state index in [2.05, 4.69) is 159 Å². The molecule has 0 aliphatic heterocycles. The van der Waals surface area contributed by atoms with Crippen molar-refractivity contribution in [1.82, 2.24) is 116 Å². The molecule has 38 heteroatoms. The Morgan fingerprint density at radius 1 is 0.490 bits per heavy atom. The SMILES string of the molecule is CC(C)(C)OC(=O)NCCCn1cc(CN(CCCN=[N+]=[N-])Cc2cn(C(C)(C)C)nn2)nn1.CC(C)(C)OC(=O)NCCCn1cc(CNCCCN=[N+]=[N-])nn1.CC(C)(C)n1cc(C=O)nn1.CC(C)(C)n1cc(CN(CCCN=[N+]=[N-])Cc2cn(CCCN)nn2)nn1. The van der Waals surface area contributed by atoms with Gasteiger partial charge in [0.1, 0.15) is 16.9 Å². The quantitative estimate of drug-likeness (QED) is 0.00985. The highest BCUT2D eigenvalue weighted by Crippen LogP contribution is 2.17. The Morgan fingerprint density at radius 2 is 0.844 bits per heavy atom. The lowest BCUT2D eigenvalue weighted by Crippen LogP contribution is -2.33. The molecule has 0 fully saturated rings. The van der Waals surface area contributed by atoms with E-state index in [0.29, 0.717) is 110 Å². The van der Waals surface area contributed by atoms with E-state index in [9.17, 15) is 14.4 Å². The number of aromatic nitrogens is 18. The number of aldehydes is 1. The lowest BCUT2D eigenvalue weighted by molar-refractivity contribution is 0.0515. The zero-order valence-electron chi connectivity index (χ0n) is 58.9. The molecule has 6 aromatic heterocycles. The standard InChI is InChI=1S/C21H37N11O2.C16H29N11.C14H26N8O2.C7H11N3O/c1-20(2,3)32-16-18(26-29-32)14-30(11-8-10-24-27-22)13-17-15-31(28-25-17)12-7-9-23-19(33)34-21(4,5)6;1-16(2,3)27-13-15(21-24-27)11-25(8-5-7-19-22-18)10-14-12-26(23-20-14)9-4-6-17;1-14(2,3)24-13(23)17-7-5-9-22-11-12(19-21-22)10-16-6-4-8-18-20-15;1-7(2,3)10-4-6(5-11)8-9-10/h15-16H,7-14H2,1-6H3,(H,23,33);12-13H,4-11,17H2,1-3H3;11,16H,4-10H2,1-3H3,(H,17,23);4-5H,1-3H3. The molecule has 6 rings (SSSR count). The van der Waals surface area contributed by atoms with E-state index in [4.69, 9.17) is 31.8 Å². The second kappa shape index (κ2) is 41.6. The predicted molar refractivity (Wildman–Crippen MR) is 358 cm³/mol. The maximum atomic E-state index is 11.7. The van der Waals surface area contributed by atoms with Crippen LogP contribution in [0.2, 0.25) is 0 Å². The number of alkyl carbamates (subject to hydrolysis) is 2. The number of hydrogen-bond donors (Lipinski definition) is 4. The number of ether oxygens (including phenoxy) is 2. The zero-order chi connectivity index (χ0) is 71.2. The number of rotatable bonds is 34. The van der Waals surface area contributed by atoms with Crippen molar-refractivity contribution in [3.63, 3.8) is 0 Å². The van der Waals surface area contributed by atoms with Crippen molar-refractivity contribution < 1.29 is 23.9 Å². The molecular formula is C58H103N33O5. The first-order chi connectivity index (χ1) is 45.3. The Hall–Kier alpha value is -9.18. The first kappa shape index (κ1) is 81.1. The van der Waals surface area contributed by atoms with Crippen LogP contribution in [-0.4, -0.2) is 188 Å². The summed E-state index contributed by atoms with van der Waals surface area (Å²) >= 11 is 0. The molecule has 0 unspecified atom stereocenters. The number of amides is 2. The summed E-state index contributed by atoms with van der Waals surface area (Å²) in [6.07, 6.45) is 15.7. The Morgan fingerprint density at radius 3 is 1.20 bits per heavy atom. The molecule has 6 heterocycles. The third kappa shape index (κ3) is 35.9. The summed E-state index contributed by atoms with van der Waals surface area (Å²) in [6, 6.07) is 0. The van der Waals surface area contributed by atoms with Gasteiger partial charge in [-0.2, -0.15) is 0 Å². The van der Waals surface area contributed by atoms with Crippen molar-refractivity contribution >= 4 is 18.5 Å². The van der Waals surface area contributed by atoms with Crippen molar-refractivity contribution in [3.8, 4) is 0 Å². The molecule has 96 heavy (non-hydrogen) atoms. The maximum Gasteiger partial charge on any atom is 0.407 e. The van der Waals surface area contributed by atoms with Crippen LogP contribution in [0.25, 0.3) is 31.3 Å². The number of nitrogens with one attached hydrogen (secondary N) is 3. The fraction of sp³-hybridized carbons (Fsp3) is 0.741. The molecule has 38 nitrogen and oxygen atoms in total. The minimum absolute atomic E-state index is 0.103. The Labute approximate surface area is 561 Å². The van der Waals surface area contributed by atoms with Crippen molar-refractivity contribution in [1.29, 1.82) is 0 Å². The van der Waals surface area contributed by atoms with Gasteiger partial charge in [0.15, 0.2) is 6.29 Å². The van der Waals surface area contributed by atoms with Crippen LogP contribution in [0.4, 0.5) is 9.59 Å². The van der Waals surface area contributed by atoms with Gasteiger partial charge in [0, 0.05) is 118 Å². The van der Waals surface area contributed by atoms with E-state index < -0.39 is 23.4 Å². The van der Waals surface area contributed by atoms with E-state index in [0.717, 1.165) is 80.2 Å². The molecule has 0 saturated carbocycles. The van der Waals surface area contributed by atoms with Gasteiger partial charge in [-0.1, -0.05) is 46.6 Å². The fourth-order valence-electron chi connectivity index (χ4n) is 8.07. The Kier molecular flexibility index (Phi) is 35.1. The number of nitrogens with zero attached hydrogens (tertiary/aromatic N) is 29. The smallest absolute Gasteiger partial charge is 0.407 e. The molecule has 530 valence electrons. The second-order valence-electron chi connectivity index (χ2n) is 27.2. The van der Waals surface area contributed by atoms with Gasteiger partial charge in [0.25, 0.3) is 0 Å². The van der Waals surface area contributed by atoms with Gasteiger partial charge in [-0.15, -0.1) is 30.6 Å². The summed E-state index contributed by atoms with van der Waals surface area (Å²) in [5, 5.41) is 68.8. The summed E-state index contributed by atoms with van der Waals surface area (Å²) in [7, 11) is 0. The second-order valence-corrected chi connectivity index (χ2v) is 27.2. The summed E-state index contributed by atoms with van der Waals surface area (Å²) in [6.45, 7) is 39.8. The van der Waals surface area contributed by atoms with Crippen LogP contribution in [0, 0.1) is 0 Å². The predicted octanol–water partition coefficient (Wildman–Crippen LogP) is 7.75. The molecule has 0 radical (unpaired) electrons. The van der Waals surface area contributed by atoms with E-state index in [1.54, 1.807) is 20.2 Å². The zero-order valence-corrected chi connectivity index (χ0v) is 58.9. The van der Waals surface area contributed by atoms with Crippen molar-refractivity contribution in [2.24, 2.45) is 21.1 Å². The fourth-order valence-corrected chi connectivity index (χ4v) is 8.07. The maximum absolute atomic E-state index is 11.7. The highest BCUT2D eigenvalue weighted by Gasteiger charge is 2.21. The van der Waals surface area contributed by atoms with Crippen LogP contribution in [0.1, 0.15) is 181 Å². The van der Waals surface area contributed by atoms with Crippen molar-refractivity contribution in [3.05, 3.63) is 103 Å². The number of carbonyl (C=O) groups excluding carboxylic acids is 3.